The molecule has 3 heterocycles. The van der Waals surface area contributed by atoms with Crippen molar-refractivity contribution in [3.05, 3.63) is 23.4 Å². The van der Waals surface area contributed by atoms with E-state index in [0.717, 1.165) is 49.7 Å². The lowest BCUT2D eigenvalue weighted by Gasteiger charge is -2.30. The van der Waals surface area contributed by atoms with Crippen LogP contribution in [0.5, 0.6) is 0 Å². The number of hydrogen-bond acceptors (Lipinski definition) is 6. The van der Waals surface area contributed by atoms with E-state index in [0.29, 0.717) is 11.9 Å². The second-order valence-electron chi connectivity index (χ2n) is 5.30. The van der Waals surface area contributed by atoms with E-state index < -0.39 is 0 Å². The molecule has 2 aromatic rings. The number of aromatic nitrogens is 2. The summed E-state index contributed by atoms with van der Waals surface area (Å²) in [7, 11) is 0. The van der Waals surface area contributed by atoms with Crippen LogP contribution in [0.4, 0.5) is 0 Å². The number of likely N-dealkylation sites (tertiary alicyclic amines) is 1. The maximum Gasteiger partial charge on any atom is 0.227 e. The third-order valence-electron chi connectivity index (χ3n) is 3.62. The average molecular weight is 292 g/mol. The van der Waals surface area contributed by atoms with Gasteiger partial charge in [0.05, 0.1) is 4.88 Å². The van der Waals surface area contributed by atoms with Crippen LogP contribution in [-0.4, -0.2) is 40.7 Å². The molecule has 2 aromatic heterocycles. The van der Waals surface area contributed by atoms with Crippen molar-refractivity contribution >= 4 is 11.3 Å². The van der Waals surface area contributed by atoms with E-state index in [9.17, 15) is 0 Å². The molecular formula is C14H20N4OS. The molecule has 20 heavy (non-hydrogen) atoms. The summed E-state index contributed by atoms with van der Waals surface area (Å²) in [6.45, 7) is 3.24. The molecule has 0 unspecified atom stereocenters. The van der Waals surface area contributed by atoms with Gasteiger partial charge in [0.2, 0.25) is 11.7 Å². The highest BCUT2D eigenvalue weighted by Crippen LogP contribution is 2.21. The first kappa shape index (κ1) is 13.7. The van der Waals surface area contributed by atoms with Crippen LogP contribution in [0.3, 0.4) is 0 Å². The van der Waals surface area contributed by atoms with Crippen LogP contribution < -0.4 is 5.73 Å². The minimum absolute atomic E-state index is 0.345. The van der Waals surface area contributed by atoms with Crippen molar-refractivity contribution in [1.82, 2.24) is 15.0 Å². The highest BCUT2D eigenvalue weighted by atomic mass is 32.1. The Kier molecular flexibility index (Phi) is 4.44. The molecule has 1 aliphatic heterocycles. The molecule has 0 aromatic carbocycles. The van der Waals surface area contributed by atoms with Crippen molar-refractivity contribution < 1.29 is 4.52 Å². The van der Waals surface area contributed by atoms with Crippen molar-refractivity contribution in [2.75, 3.05) is 19.6 Å². The summed E-state index contributed by atoms with van der Waals surface area (Å²) in [5.74, 6) is 1.43. The van der Waals surface area contributed by atoms with Crippen molar-refractivity contribution in [2.45, 2.75) is 31.7 Å². The largest absolute Gasteiger partial charge is 0.339 e. The average Bonchev–Trinajstić information content (AvgIpc) is 3.09. The van der Waals surface area contributed by atoms with Crippen LogP contribution in [0.1, 0.15) is 25.2 Å². The smallest absolute Gasteiger partial charge is 0.227 e. The SMILES string of the molecule is N[C@@H]1CCCN(CCCc2nc(-c3cccs3)no2)C1. The first-order valence-corrected chi connectivity index (χ1v) is 8.03. The lowest BCUT2D eigenvalue weighted by atomic mass is 10.1. The maximum atomic E-state index is 5.98. The molecule has 108 valence electrons. The maximum absolute atomic E-state index is 5.98. The van der Waals surface area contributed by atoms with Gasteiger partial charge in [-0.1, -0.05) is 11.2 Å². The summed E-state index contributed by atoms with van der Waals surface area (Å²) in [4.78, 5) is 7.93. The molecule has 6 heteroatoms. The third kappa shape index (κ3) is 3.45. The Balaban J connectivity index is 1.47. The standard InChI is InChI=1S/C14H20N4OS/c15-11-4-1-7-18(10-11)8-2-6-13-16-14(17-19-13)12-5-3-9-20-12/h3,5,9,11H,1-2,4,6-8,10,15H2/t11-/m1/s1. The van der Waals surface area contributed by atoms with E-state index in [1.54, 1.807) is 11.3 Å². The van der Waals surface area contributed by atoms with Crippen molar-refractivity contribution in [3.63, 3.8) is 0 Å². The van der Waals surface area contributed by atoms with Crippen LogP contribution >= 0.6 is 11.3 Å². The highest BCUT2D eigenvalue weighted by Gasteiger charge is 2.16. The monoisotopic (exact) mass is 292 g/mol. The molecule has 5 nitrogen and oxygen atoms in total. The number of rotatable bonds is 5. The molecule has 1 saturated heterocycles. The zero-order valence-electron chi connectivity index (χ0n) is 11.5. The fourth-order valence-corrected chi connectivity index (χ4v) is 3.26. The second-order valence-corrected chi connectivity index (χ2v) is 6.24. The second kappa shape index (κ2) is 6.47. The van der Waals surface area contributed by atoms with Gasteiger partial charge in [-0.15, -0.1) is 11.3 Å². The van der Waals surface area contributed by atoms with Crippen LogP contribution in [-0.2, 0) is 6.42 Å². The first-order chi connectivity index (χ1) is 9.81. The van der Waals surface area contributed by atoms with Crippen molar-refractivity contribution in [1.29, 1.82) is 0 Å². The number of thiophene rings is 1. The van der Waals surface area contributed by atoms with Crippen LogP contribution in [0, 0.1) is 0 Å². The van der Waals surface area contributed by atoms with E-state index in [1.165, 1.54) is 6.42 Å². The summed E-state index contributed by atoms with van der Waals surface area (Å²) in [6.07, 6.45) is 4.25. The molecule has 3 rings (SSSR count). The zero-order valence-corrected chi connectivity index (χ0v) is 12.3. The minimum atomic E-state index is 0.345. The van der Waals surface area contributed by atoms with Gasteiger partial charge < -0.3 is 15.2 Å². The minimum Gasteiger partial charge on any atom is -0.339 e. The Hall–Kier alpha value is -1.24. The molecular weight excluding hydrogens is 272 g/mol. The predicted molar refractivity (Wildman–Crippen MR) is 79.6 cm³/mol. The van der Waals surface area contributed by atoms with Gasteiger partial charge in [0.25, 0.3) is 0 Å². The van der Waals surface area contributed by atoms with Crippen LogP contribution in [0.15, 0.2) is 22.0 Å². The van der Waals surface area contributed by atoms with Crippen molar-refractivity contribution in [2.24, 2.45) is 5.73 Å². The van der Waals surface area contributed by atoms with Gasteiger partial charge >= 0.3 is 0 Å². The Labute approximate surface area is 122 Å². The van der Waals surface area contributed by atoms with E-state index in [-0.39, 0.29) is 0 Å². The topological polar surface area (TPSA) is 68.2 Å². The van der Waals surface area contributed by atoms with Gasteiger partial charge in [-0.2, -0.15) is 4.98 Å². The van der Waals surface area contributed by atoms with Gasteiger partial charge in [-0.05, 0) is 43.8 Å². The summed E-state index contributed by atoms with van der Waals surface area (Å²) in [5, 5.41) is 6.05. The molecule has 1 fully saturated rings. The van der Waals surface area contributed by atoms with Crippen LogP contribution in [0.25, 0.3) is 10.7 Å². The fourth-order valence-electron chi connectivity index (χ4n) is 2.61. The molecule has 0 amide bonds. The number of nitrogens with two attached hydrogens (primary N) is 1. The normalized spacial score (nSPS) is 20.4. The summed E-state index contributed by atoms with van der Waals surface area (Å²) >= 11 is 1.63. The highest BCUT2D eigenvalue weighted by molar-refractivity contribution is 7.13. The van der Waals surface area contributed by atoms with E-state index in [4.69, 9.17) is 10.3 Å². The molecule has 2 N–H and O–H groups in total. The molecule has 0 radical (unpaired) electrons. The zero-order chi connectivity index (χ0) is 13.8. The van der Waals surface area contributed by atoms with Gasteiger partial charge in [-0.3, -0.25) is 0 Å². The summed E-state index contributed by atoms with van der Waals surface area (Å²) in [6, 6.07) is 4.35. The van der Waals surface area contributed by atoms with Gasteiger partial charge in [0.1, 0.15) is 0 Å². The number of aryl methyl sites for hydroxylation is 1. The van der Waals surface area contributed by atoms with Gasteiger partial charge in [0.15, 0.2) is 0 Å². The Morgan fingerprint density at radius 3 is 3.25 bits per heavy atom. The molecule has 1 aliphatic rings. The lowest BCUT2D eigenvalue weighted by molar-refractivity contribution is 0.205. The van der Waals surface area contributed by atoms with Gasteiger partial charge in [-0.25, -0.2) is 0 Å². The van der Waals surface area contributed by atoms with Crippen molar-refractivity contribution in [3.8, 4) is 10.7 Å². The first-order valence-electron chi connectivity index (χ1n) is 7.15. The molecule has 1 atom stereocenters. The molecule has 0 aliphatic carbocycles. The van der Waals surface area contributed by atoms with E-state index in [2.05, 4.69) is 15.0 Å². The fraction of sp³-hybridized carbons (Fsp3) is 0.571. The van der Waals surface area contributed by atoms with E-state index in [1.807, 2.05) is 17.5 Å². The summed E-state index contributed by atoms with van der Waals surface area (Å²) < 4.78 is 5.30. The Morgan fingerprint density at radius 2 is 2.45 bits per heavy atom. The Bertz CT molecular complexity index is 525. The summed E-state index contributed by atoms with van der Waals surface area (Å²) in [5.41, 5.74) is 5.98. The number of hydrogen-bond donors (Lipinski definition) is 1. The quantitative estimate of drug-likeness (QED) is 0.914. The van der Waals surface area contributed by atoms with E-state index >= 15 is 0 Å². The van der Waals surface area contributed by atoms with Crippen LogP contribution in [0.2, 0.25) is 0 Å². The molecule has 0 spiro atoms. The number of nitrogens with zero attached hydrogens (tertiary/aromatic N) is 3. The predicted octanol–water partition coefficient (Wildman–Crippen LogP) is 2.15. The molecule has 0 bridgehead atoms. The number of piperidine rings is 1. The lowest BCUT2D eigenvalue weighted by Crippen LogP contribution is -2.43. The third-order valence-corrected chi connectivity index (χ3v) is 4.48. The Morgan fingerprint density at radius 1 is 1.50 bits per heavy atom. The molecule has 0 saturated carbocycles. The van der Waals surface area contributed by atoms with Gasteiger partial charge in [0, 0.05) is 19.0 Å².